The van der Waals surface area contributed by atoms with E-state index >= 15 is 0 Å². The molecule has 1 atom stereocenters. The predicted octanol–water partition coefficient (Wildman–Crippen LogP) is 3.46. The van der Waals surface area contributed by atoms with Crippen LogP contribution in [0.3, 0.4) is 0 Å². The van der Waals surface area contributed by atoms with Crippen LogP contribution in [-0.2, 0) is 9.53 Å². The third-order valence-corrected chi connectivity index (χ3v) is 4.33. The Hall–Kier alpha value is -2.17. The highest BCUT2D eigenvalue weighted by atomic mass is 19.1. The lowest BCUT2D eigenvalue weighted by Gasteiger charge is -2.32. The number of ether oxygens (including phenoxy) is 1. The number of pyridine rings is 1. The van der Waals surface area contributed by atoms with Crippen molar-refractivity contribution >= 4 is 22.7 Å². The minimum absolute atomic E-state index is 0.117. The molecule has 1 unspecified atom stereocenters. The monoisotopic (exact) mass is 316 g/mol. The summed E-state index contributed by atoms with van der Waals surface area (Å²) in [6.45, 7) is 5.68. The number of piperidine rings is 1. The van der Waals surface area contributed by atoms with Crippen molar-refractivity contribution in [3.8, 4) is 0 Å². The number of aryl methyl sites for hydroxylation is 1. The Morgan fingerprint density at radius 2 is 2.26 bits per heavy atom. The summed E-state index contributed by atoms with van der Waals surface area (Å²) in [5.41, 5.74) is 1.71. The topological polar surface area (TPSA) is 42.4 Å². The summed E-state index contributed by atoms with van der Waals surface area (Å²) < 4.78 is 18.6. The molecule has 0 radical (unpaired) electrons. The molecule has 0 saturated carbocycles. The van der Waals surface area contributed by atoms with Gasteiger partial charge >= 0.3 is 5.97 Å². The molecule has 23 heavy (non-hydrogen) atoms. The molecule has 5 heteroatoms. The van der Waals surface area contributed by atoms with E-state index in [1.807, 2.05) is 19.9 Å². The Labute approximate surface area is 135 Å². The molecule has 0 N–H and O–H groups in total. The molecule has 2 heterocycles. The largest absolute Gasteiger partial charge is 0.466 e. The Balaban J connectivity index is 1.88. The second-order valence-electron chi connectivity index (χ2n) is 6.00. The zero-order valence-corrected chi connectivity index (χ0v) is 13.5. The summed E-state index contributed by atoms with van der Waals surface area (Å²) in [7, 11) is 0. The Bertz CT molecular complexity index is 732. The van der Waals surface area contributed by atoms with E-state index in [1.54, 1.807) is 6.07 Å². The van der Waals surface area contributed by atoms with E-state index in [9.17, 15) is 9.18 Å². The van der Waals surface area contributed by atoms with Crippen LogP contribution in [-0.4, -0.2) is 30.6 Å². The average Bonchev–Trinajstić information content (AvgIpc) is 2.54. The molecule has 0 bridgehead atoms. The number of rotatable bonds is 3. The van der Waals surface area contributed by atoms with E-state index < -0.39 is 0 Å². The molecule has 122 valence electrons. The number of carbonyl (C=O) groups excluding carboxylic acids is 1. The van der Waals surface area contributed by atoms with Crippen molar-refractivity contribution in [2.24, 2.45) is 5.92 Å². The van der Waals surface area contributed by atoms with Gasteiger partial charge in [-0.15, -0.1) is 0 Å². The van der Waals surface area contributed by atoms with Crippen LogP contribution in [0.25, 0.3) is 10.9 Å². The van der Waals surface area contributed by atoms with E-state index in [4.69, 9.17) is 4.74 Å². The van der Waals surface area contributed by atoms with Crippen molar-refractivity contribution in [2.75, 3.05) is 24.6 Å². The van der Waals surface area contributed by atoms with E-state index in [1.165, 1.54) is 12.1 Å². The van der Waals surface area contributed by atoms with Crippen molar-refractivity contribution in [3.63, 3.8) is 0 Å². The zero-order chi connectivity index (χ0) is 16.4. The number of hydrogen-bond acceptors (Lipinski definition) is 4. The Kier molecular flexibility index (Phi) is 4.46. The van der Waals surface area contributed by atoms with Crippen molar-refractivity contribution < 1.29 is 13.9 Å². The standard InChI is InChI=1S/C18H21FN2O2/c1-3-23-18(22)13-5-4-8-21(11-13)17-9-12(2)15-7-6-14(19)10-16(15)20-17/h6-7,9-10,13H,3-5,8,11H2,1-2H3. The number of hydrogen-bond donors (Lipinski definition) is 0. The number of esters is 1. The quantitative estimate of drug-likeness (QED) is 0.813. The summed E-state index contributed by atoms with van der Waals surface area (Å²) in [6, 6.07) is 6.68. The van der Waals surface area contributed by atoms with Crippen LogP contribution in [0.2, 0.25) is 0 Å². The third-order valence-electron chi connectivity index (χ3n) is 4.33. The summed E-state index contributed by atoms with van der Waals surface area (Å²) in [6.07, 6.45) is 1.77. The fraction of sp³-hybridized carbons (Fsp3) is 0.444. The number of nitrogens with zero attached hydrogens (tertiary/aromatic N) is 2. The molecule has 4 nitrogen and oxygen atoms in total. The van der Waals surface area contributed by atoms with Crippen LogP contribution >= 0.6 is 0 Å². The number of halogens is 1. The molecule has 1 fully saturated rings. The lowest BCUT2D eigenvalue weighted by molar-refractivity contribution is -0.148. The maximum atomic E-state index is 13.5. The molecular formula is C18H21FN2O2. The second kappa shape index (κ2) is 6.52. The van der Waals surface area contributed by atoms with E-state index in [0.717, 1.165) is 36.2 Å². The maximum Gasteiger partial charge on any atom is 0.310 e. The maximum absolute atomic E-state index is 13.5. The summed E-state index contributed by atoms with van der Waals surface area (Å²) in [4.78, 5) is 18.7. The minimum Gasteiger partial charge on any atom is -0.466 e. The number of anilines is 1. The molecule has 1 aliphatic rings. The highest BCUT2D eigenvalue weighted by Crippen LogP contribution is 2.27. The molecule has 0 amide bonds. The van der Waals surface area contributed by atoms with Gasteiger partial charge < -0.3 is 9.64 Å². The fourth-order valence-electron chi connectivity index (χ4n) is 3.16. The minimum atomic E-state index is -0.287. The summed E-state index contributed by atoms with van der Waals surface area (Å²) in [5.74, 6) is 0.258. The number of aromatic nitrogens is 1. The second-order valence-corrected chi connectivity index (χ2v) is 6.00. The van der Waals surface area contributed by atoms with Gasteiger partial charge in [-0.25, -0.2) is 9.37 Å². The van der Waals surface area contributed by atoms with Crippen molar-refractivity contribution in [3.05, 3.63) is 35.6 Å². The normalized spacial score (nSPS) is 18.2. The molecule has 0 aliphatic carbocycles. The summed E-state index contributed by atoms with van der Waals surface area (Å²) in [5, 5.41) is 0.953. The lowest BCUT2D eigenvalue weighted by atomic mass is 9.98. The highest BCUT2D eigenvalue weighted by Gasteiger charge is 2.27. The van der Waals surface area contributed by atoms with Crippen LogP contribution in [0.15, 0.2) is 24.3 Å². The lowest BCUT2D eigenvalue weighted by Crippen LogP contribution is -2.39. The van der Waals surface area contributed by atoms with Gasteiger partial charge in [-0.1, -0.05) is 0 Å². The molecule has 2 aromatic rings. The zero-order valence-electron chi connectivity index (χ0n) is 13.5. The van der Waals surface area contributed by atoms with Crippen molar-refractivity contribution in [1.82, 2.24) is 4.98 Å². The number of carbonyl (C=O) groups is 1. The highest BCUT2D eigenvalue weighted by molar-refractivity contribution is 5.84. The van der Waals surface area contributed by atoms with Gasteiger partial charge in [0.25, 0.3) is 0 Å². The van der Waals surface area contributed by atoms with Gasteiger partial charge in [0.05, 0.1) is 18.0 Å². The predicted molar refractivity (Wildman–Crippen MR) is 88.0 cm³/mol. The van der Waals surface area contributed by atoms with Crippen LogP contribution in [0, 0.1) is 18.7 Å². The summed E-state index contributed by atoms with van der Waals surface area (Å²) >= 11 is 0. The van der Waals surface area contributed by atoms with Gasteiger partial charge in [-0.3, -0.25) is 4.79 Å². The third kappa shape index (κ3) is 3.28. The fourth-order valence-corrected chi connectivity index (χ4v) is 3.16. The van der Waals surface area contributed by atoms with Gasteiger partial charge in [0.15, 0.2) is 0 Å². The molecule has 1 saturated heterocycles. The van der Waals surface area contributed by atoms with Crippen LogP contribution in [0.4, 0.5) is 10.2 Å². The van der Waals surface area contributed by atoms with E-state index in [-0.39, 0.29) is 17.7 Å². The first-order valence-corrected chi connectivity index (χ1v) is 8.07. The van der Waals surface area contributed by atoms with E-state index in [2.05, 4.69) is 9.88 Å². The van der Waals surface area contributed by atoms with Gasteiger partial charge in [-0.05, 0) is 50.5 Å². The molecule has 0 spiro atoms. The van der Waals surface area contributed by atoms with Gasteiger partial charge in [0.2, 0.25) is 0 Å². The van der Waals surface area contributed by atoms with Gasteiger partial charge in [0.1, 0.15) is 11.6 Å². The average molecular weight is 316 g/mol. The molecule has 1 aromatic heterocycles. The van der Waals surface area contributed by atoms with Crippen LogP contribution in [0.1, 0.15) is 25.3 Å². The number of benzene rings is 1. The van der Waals surface area contributed by atoms with Gasteiger partial charge in [0, 0.05) is 24.5 Å². The van der Waals surface area contributed by atoms with Crippen molar-refractivity contribution in [1.29, 1.82) is 0 Å². The first-order chi connectivity index (χ1) is 11.1. The SMILES string of the molecule is CCOC(=O)C1CCCN(c2cc(C)c3ccc(F)cc3n2)C1. The van der Waals surface area contributed by atoms with Crippen LogP contribution in [0.5, 0.6) is 0 Å². The van der Waals surface area contributed by atoms with Gasteiger partial charge in [-0.2, -0.15) is 0 Å². The first-order valence-electron chi connectivity index (χ1n) is 8.07. The molecule has 1 aliphatic heterocycles. The smallest absolute Gasteiger partial charge is 0.310 e. The number of fused-ring (bicyclic) bond motifs is 1. The van der Waals surface area contributed by atoms with Crippen molar-refractivity contribution in [2.45, 2.75) is 26.7 Å². The molecule has 1 aromatic carbocycles. The molecule has 3 rings (SSSR count). The first kappa shape index (κ1) is 15.7. The van der Waals surface area contributed by atoms with E-state index in [0.29, 0.717) is 18.7 Å². The Morgan fingerprint density at radius 3 is 3.04 bits per heavy atom. The Morgan fingerprint density at radius 1 is 1.43 bits per heavy atom. The van der Waals surface area contributed by atoms with Crippen LogP contribution < -0.4 is 4.90 Å². The molecular weight excluding hydrogens is 295 g/mol.